The first kappa shape index (κ1) is 20.3. The van der Waals surface area contributed by atoms with Crippen molar-refractivity contribution >= 4 is 17.5 Å². The summed E-state index contributed by atoms with van der Waals surface area (Å²) in [5.41, 5.74) is 8.38. The fourth-order valence-electron chi connectivity index (χ4n) is 2.47. The highest BCUT2D eigenvalue weighted by Crippen LogP contribution is 2.15. The topological polar surface area (TPSA) is 79.5 Å². The van der Waals surface area contributed by atoms with Gasteiger partial charge in [0.05, 0.1) is 13.2 Å². The van der Waals surface area contributed by atoms with Crippen LogP contribution in [-0.4, -0.2) is 25.0 Å². The lowest BCUT2D eigenvalue weighted by Gasteiger charge is -2.11. The van der Waals surface area contributed by atoms with Crippen molar-refractivity contribution in [2.45, 2.75) is 33.6 Å². The van der Waals surface area contributed by atoms with E-state index in [0.717, 1.165) is 35.4 Å². The molecule has 2 rings (SSSR count). The Morgan fingerprint density at radius 2 is 1.74 bits per heavy atom. The monoisotopic (exact) mass is 369 g/mol. The minimum Gasteiger partial charge on any atom is -0.494 e. The largest absolute Gasteiger partial charge is 0.494 e. The molecule has 2 aromatic rings. The van der Waals surface area contributed by atoms with Gasteiger partial charge >= 0.3 is 0 Å². The van der Waals surface area contributed by atoms with Crippen LogP contribution >= 0.6 is 0 Å². The van der Waals surface area contributed by atoms with Crippen LogP contribution in [0.4, 0.5) is 5.69 Å². The van der Waals surface area contributed by atoms with Crippen molar-refractivity contribution in [3.05, 3.63) is 59.2 Å². The number of unbranched alkanes of at least 4 members (excludes halogenated alkanes) is 1. The van der Waals surface area contributed by atoms with Crippen molar-refractivity contribution in [3.63, 3.8) is 0 Å². The first-order valence-electron chi connectivity index (χ1n) is 9.12. The molecule has 0 unspecified atom stereocenters. The number of anilines is 1. The lowest BCUT2D eigenvalue weighted by atomic mass is 10.1. The molecular weight excluding hydrogens is 342 g/mol. The molecule has 0 atom stereocenters. The zero-order chi connectivity index (χ0) is 19.6. The van der Waals surface area contributed by atoms with E-state index in [9.17, 15) is 9.59 Å². The molecule has 27 heavy (non-hydrogen) atoms. The molecule has 0 radical (unpaired) electrons. The summed E-state index contributed by atoms with van der Waals surface area (Å²) in [6.07, 6.45) is 2.06. The molecule has 2 aromatic carbocycles. The Labute approximate surface area is 160 Å². The van der Waals surface area contributed by atoms with Crippen LogP contribution in [0, 0.1) is 13.8 Å². The summed E-state index contributed by atoms with van der Waals surface area (Å²) in [6, 6.07) is 12.8. The quantitative estimate of drug-likeness (QED) is 0.492. The number of carbonyl (C=O) groups is 2. The molecule has 6 nitrogen and oxygen atoms in total. The summed E-state index contributed by atoms with van der Waals surface area (Å²) >= 11 is 0. The molecule has 0 aliphatic heterocycles. The van der Waals surface area contributed by atoms with Crippen LogP contribution in [0.3, 0.4) is 0 Å². The minimum atomic E-state index is -0.380. The van der Waals surface area contributed by atoms with E-state index in [1.807, 2.05) is 32.0 Å². The van der Waals surface area contributed by atoms with Crippen LogP contribution in [0.5, 0.6) is 5.75 Å². The van der Waals surface area contributed by atoms with Gasteiger partial charge in [-0.2, -0.15) is 0 Å². The zero-order valence-electron chi connectivity index (χ0n) is 16.1. The van der Waals surface area contributed by atoms with Crippen LogP contribution in [0.1, 0.15) is 41.3 Å². The molecule has 2 amide bonds. The second-order valence-corrected chi connectivity index (χ2v) is 6.40. The van der Waals surface area contributed by atoms with E-state index in [4.69, 9.17) is 4.74 Å². The highest BCUT2D eigenvalue weighted by atomic mass is 16.5. The Balaban J connectivity index is 1.76. The third-order valence-corrected chi connectivity index (χ3v) is 4.02. The SMILES string of the molecule is CCCCOc1ccc(C(=O)NNC(=O)CNc2ccc(C)cc2C)cc1. The van der Waals surface area contributed by atoms with E-state index in [1.54, 1.807) is 24.3 Å². The fraction of sp³-hybridized carbons (Fsp3) is 0.333. The van der Waals surface area contributed by atoms with Gasteiger partial charge in [0.1, 0.15) is 5.75 Å². The zero-order valence-corrected chi connectivity index (χ0v) is 16.1. The number of hydrazine groups is 1. The molecule has 0 aliphatic carbocycles. The molecule has 0 aromatic heterocycles. The van der Waals surface area contributed by atoms with Gasteiger partial charge in [-0.15, -0.1) is 0 Å². The van der Waals surface area contributed by atoms with Gasteiger partial charge in [-0.05, 0) is 56.2 Å². The average Bonchev–Trinajstić information content (AvgIpc) is 2.66. The molecule has 0 bridgehead atoms. The number of aryl methyl sites for hydroxylation is 2. The Morgan fingerprint density at radius 3 is 2.41 bits per heavy atom. The molecular formula is C21H27N3O3. The molecule has 0 saturated heterocycles. The third-order valence-electron chi connectivity index (χ3n) is 4.02. The Bertz CT molecular complexity index is 773. The van der Waals surface area contributed by atoms with E-state index in [1.165, 1.54) is 0 Å². The van der Waals surface area contributed by atoms with Gasteiger partial charge in [-0.25, -0.2) is 0 Å². The standard InChI is InChI=1S/C21H27N3O3/c1-4-5-12-27-18-9-7-17(8-10-18)21(26)24-23-20(25)14-22-19-11-6-15(2)13-16(19)3/h6-11,13,22H,4-5,12,14H2,1-3H3,(H,23,25)(H,24,26). The van der Waals surface area contributed by atoms with E-state index < -0.39 is 0 Å². The molecule has 0 aliphatic rings. The van der Waals surface area contributed by atoms with Crippen LogP contribution in [0.15, 0.2) is 42.5 Å². The highest BCUT2D eigenvalue weighted by molar-refractivity contribution is 5.95. The first-order valence-corrected chi connectivity index (χ1v) is 9.12. The second kappa shape index (κ2) is 10.2. The normalized spacial score (nSPS) is 10.2. The third kappa shape index (κ3) is 6.66. The van der Waals surface area contributed by atoms with Crippen LogP contribution in [0.25, 0.3) is 0 Å². The number of hydrogen-bond donors (Lipinski definition) is 3. The van der Waals surface area contributed by atoms with Gasteiger partial charge in [-0.1, -0.05) is 31.0 Å². The van der Waals surface area contributed by atoms with E-state index in [-0.39, 0.29) is 18.4 Å². The van der Waals surface area contributed by atoms with Gasteiger partial charge in [0.25, 0.3) is 11.8 Å². The maximum absolute atomic E-state index is 12.1. The number of ether oxygens (including phenoxy) is 1. The Morgan fingerprint density at radius 1 is 1.00 bits per heavy atom. The second-order valence-electron chi connectivity index (χ2n) is 6.40. The summed E-state index contributed by atoms with van der Waals surface area (Å²) in [5.74, 6) is 0.0134. The minimum absolute atomic E-state index is 0.0639. The average molecular weight is 369 g/mol. The van der Waals surface area contributed by atoms with Crippen molar-refractivity contribution in [2.24, 2.45) is 0 Å². The van der Waals surface area contributed by atoms with Crippen molar-refractivity contribution < 1.29 is 14.3 Å². The fourth-order valence-corrected chi connectivity index (χ4v) is 2.47. The van der Waals surface area contributed by atoms with E-state index in [2.05, 4.69) is 23.1 Å². The molecule has 0 heterocycles. The number of rotatable bonds is 8. The van der Waals surface area contributed by atoms with Crippen LogP contribution < -0.4 is 20.9 Å². The summed E-state index contributed by atoms with van der Waals surface area (Å²) < 4.78 is 5.56. The van der Waals surface area contributed by atoms with Crippen LogP contribution in [0.2, 0.25) is 0 Å². The number of amides is 2. The molecule has 6 heteroatoms. The number of carbonyl (C=O) groups excluding carboxylic acids is 2. The van der Waals surface area contributed by atoms with Crippen molar-refractivity contribution in [2.75, 3.05) is 18.5 Å². The van der Waals surface area contributed by atoms with Crippen molar-refractivity contribution in [1.29, 1.82) is 0 Å². The van der Waals surface area contributed by atoms with Crippen molar-refractivity contribution in [1.82, 2.24) is 10.9 Å². The molecule has 144 valence electrons. The van der Waals surface area contributed by atoms with Gasteiger partial charge in [-0.3, -0.25) is 20.4 Å². The van der Waals surface area contributed by atoms with Gasteiger partial charge in [0.15, 0.2) is 0 Å². The summed E-state index contributed by atoms with van der Waals surface area (Å²) in [4.78, 5) is 24.0. The lowest BCUT2D eigenvalue weighted by Crippen LogP contribution is -2.44. The Kier molecular flexibility index (Phi) is 7.67. The maximum Gasteiger partial charge on any atom is 0.269 e. The van der Waals surface area contributed by atoms with E-state index in [0.29, 0.717) is 12.2 Å². The van der Waals surface area contributed by atoms with Gasteiger partial charge in [0.2, 0.25) is 0 Å². The number of nitrogens with one attached hydrogen (secondary N) is 3. The van der Waals surface area contributed by atoms with Crippen molar-refractivity contribution in [3.8, 4) is 5.75 Å². The van der Waals surface area contributed by atoms with Gasteiger partial charge in [0, 0.05) is 11.3 Å². The lowest BCUT2D eigenvalue weighted by molar-refractivity contribution is -0.120. The van der Waals surface area contributed by atoms with E-state index >= 15 is 0 Å². The Hall–Kier alpha value is -3.02. The number of hydrogen-bond acceptors (Lipinski definition) is 4. The molecule has 3 N–H and O–H groups in total. The molecule has 0 saturated carbocycles. The van der Waals surface area contributed by atoms with Crippen LogP contribution in [-0.2, 0) is 4.79 Å². The summed E-state index contributed by atoms with van der Waals surface area (Å²) in [6.45, 7) is 6.82. The van der Waals surface area contributed by atoms with Gasteiger partial charge < -0.3 is 10.1 Å². The molecule has 0 fully saturated rings. The summed E-state index contributed by atoms with van der Waals surface area (Å²) in [7, 11) is 0. The smallest absolute Gasteiger partial charge is 0.269 e. The maximum atomic E-state index is 12.1. The predicted octanol–water partition coefficient (Wildman–Crippen LogP) is 3.36. The summed E-state index contributed by atoms with van der Waals surface area (Å²) in [5, 5.41) is 3.06. The first-order chi connectivity index (χ1) is 13.0. The predicted molar refractivity (Wildman–Crippen MR) is 107 cm³/mol. The molecule has 0 spiro atoms. The number of benzene rings is 2. The highest BCUT2D eigenvalue weighted by Gasteiger charge is 2.08.